The van der Waals surface area contributed by atoms with Crippen molar-refractivity contribution in [2.24, 2.45) is 0 Å². The molecule has 12 heavy (non-hydrogen) atoms. The van der Waals surface area contributed by atoms with Crippen molar-refractivity contribution < 1.29 is 27.5 Å². The van der Waals surface area contributed by atoms with Gasteiger partial charge in [0.1, 0.15) is 12.2 Å². The van der Waals surface area contributed by atoms with Gasteiger partial charge in [-0.25, -0.2) is 0 Å². The lowest BCUT2D eigenvalue weighted by molar-refractivity contribution is -0.186. The molecule has 0 aromatic rings. The molecule has 0 radical (unpaired) electrons. The van der Waals surface area contributed by atoms with Gasteiger partial charge in [0.05, 0.1) is 0 Å². The van der Waals surface area contributed by atoms with Gasteiger partial charge in [-0.05, 0) is 6.92 Å². The third kappa shape index (κ3) is 7.04. The predicted octanol–water partition coefficient (Wildman–Crippen LogP) is 1.07. The molecule has 0 aromatic carbocycles. The Morgan fingerprint density at radius 3 is 2.17 bits per heavy atom. The number of ether oxygens (including phenoxy) is 1. The Morgan fingerprint density at radius 2 is 1.83 bits per heavy atom. The number of carbonyl (C=O) groups excluding carboxylic acids is 2. The van der Waals surface area contributed by atoms with Crippen molar-refractivity contribution >= 4 is 11.8 Å². The minimum atomic E-state index is -4.54. The van der Waals surface area contributed by atoms with Crippen molar-refractivity contribution in [1.82, 2.24) is 0 Å². The minimum Gasteiger partial charge on any atom is -0.456 e. The Balaban J connectivity index is 3.65. The lowest BCUT2D eigenvalue weighted by atomic mass is 10.3. The van der Waals surface area contributed by atoms with Crippen LogP contribution in [-0.2, 0) is 14.3 Å². The van der Waals surface area contributed by atoms with E-state index in [-0.39, 0.29) is 0 Å². The molecule has 0 heterocycles. The van der Waals surface area contributed by atoms with Gasteiger partial charge < -0.3 is 4.74 Å². The molecule has 6 heteroatoms. The van der Waals surface area contributed by atoms with Crippen LogP contribution >= 0.6 is 0 Å². The number of carbonyl (C=O) groups is 2. The van der Waals surface area contributed by atoms with Gasteiger partial charge in [0.15, 0.2) is 6.61 Å². The normalized spacial score (nSPS) is 11.0. The van der Waals surface area contributed by atoms with E-state index >= 15 is 0 Å². The second-order valence-electron chi connectivity index (χ2n) is 2.15. The summed E-state index contributed by atoms with van der Waals surface area (Å²) in [5.41, 5.74) is 0. The van der Waals surface area contributed by atoms with Gasteiger partial charge in [-0.15, -0.1) is 0 Å². The summed E-state index contributed by atoms with van der Waals surface area (Å²) in [6.07, 6.45) is -5.15. The van der Waals surface area contributed by atoms with Crippen molar-refractivity contribution in [3.05, 3.63) is 0 Å². The number of hydrogen-bond donors (Lipinski definition) is 0. The van der Waals surface area contributed by atoms with Gasteiger partial charge >= 0.3 is 12.1 Å². The van der Waals surface area contributed by atoms with E-state index in [1.54, 1.807) is 0 Å². The summed E-state index contributed by atoms with van der Waals surface area (Å²) in [6, 6.07) is 0. The Hall–Kier alpha value is -1.07. The molecule has 0 bridgehead atoms. The van der Waals surface area contributed by atoms with Crippen LogP contribution in [0.3, 0.4) is 0 Å². The van der Waals surface area contributed by atoms with E-state index in [2.05, 4.69) is 4.74 Å². The molecule has 0 aliphatic rings. The zero-order valence-electron chi connectivity index (χ0n) is 6.27. The monoisotopic (exact) mass is 184 g/mol. The Kier molecular flexibility index (Phi) is 3.72. The summed E-state index contributed by atoms with van der Waals surface area (Å²) in [4.78, 5) is 20.6. The number of rotatable bonds is 3. The number of halogens is 3. The highest BCUT2D eigenvalue weighted by Gasteiger charge is 2.29. The topological polar surface area (TPSA) is 43.4 Å². The van der Waals surface area contributed by atoms with Gasteiger partial charge in [0.25, 0.3) is 0 Å². The average molecular weight is 184 g/mol. The van der Waals surface area contributed by atoms with Gasteiger partial charge in [-0.3, -0.25) is 9.59 Å². The van der Waals surface area contributed by atoms with Gasteiger partial charge in [0.2, 0.25) is 0 Å². The first kappa shape index (κ1) is 10.9. The molecule has 0 fully saturated rings. The van der Waals surface area contributed by atoms with Crippen molar-refractivity contribution in [2.75, 3.05) is 6.61 Å². The molecule has 0 amide bonds. The molecule has 0 saturated heterocycles. The molecular formula is C6H7F3O3. The van der Waals surface area contributed by atoms with Crippen LogP contribution < -0.4 is 0 Å². The molecule has 0 atom stereocenters. The van der Waals surface area contributed by atoms with Crippen LogP contribution in [0.5, 0.6) is 0 Å². The van der Waals surface area contributed by atoms with Crippen molar-refractivity contribution in [2.45, 2.75) is 19.5 Å². The van der Waals surface area contributed by atoms with E-state index in [1.165, 1.54) is 0 Å². The maximum absolute atomic E-state index is 11.4. The number of alkyl halides is 3. The molecular weight excluding hydrogens is 177 g/mol. The fraction of sp³-hybridized carbons (Fsp3) is 0.667. The van der Waals surface area contributed by atoms with E-state index in [9.17, 15) is 22.8 Å². The molecule has 70 valence electrons. The summed E-state index contributed by atoms with van der Waals surface area (Å²) < 4.78 is 37.9. The van der Waals surface area contributed by atoms with E-state index in [4.69, 9.17) is 0 Å². The van der Waals surface area contributed by atoms with Crippen LogP contribution in [0.4, 0.5) is 13.2 Å². The molecule has 3 nitrogen and oxygen atoms in total. The quantitative estimate of drug-likeness (QED) is 0.486. The van der Waals surface area contributed by atoms with Gasteiger partial charge in [0, 0.05) is 0 Å². The highest BCUT2D eigenvalue weighted by molar-refractivity contribution is 5.94. The van der Waals surface area contributed by atoms with Crippen molar-refractivity contribution in [3.8, 4) is 0 Å². The summed E-state index contributed by atoms with van der Waals surface area (Å²) in [7, 11) is 0. The van der Waals surface area contributed by atoms with Crippen LogP contribution in [-0.4, -0.2) is 24.5 Å². The van der Waals surface area contributed by atoms with Gasteiger partial charge in [-0.2, -0.15) is 13.2 Å². The molecule has 0 saturated carbocycles. The van der Waals surface area contributed by atoms with Crippen LogP contribution in [0.2, 0.25) is 0 Å². The molecule has 0 aliphatic heterocycles. The first-order valence-corrected chi connectivity index (χ1v) is 3.03. The number of Topliss-reactive ketones (excluding diaryl/α,β-unsaturated/α-hetero) is 1. The van der Waals surface area contributed by atoms with Crippen LogP contribution in [0.25, 0.3) is 0 Å². The zero-order valence-corrected chi connectivity index (χ0v) is 6.27. The SMILES string of the molecule is CC(=O)CC(=O)OCC(F)(F)F. The number of esters is 1. The van der Waals surface area contributed by atoms with Crippen LogP contribution in [0.1, 0.15) is 13.3 Å². The fourth-order valence-corrected chi connectivity index (χ4v) is 0.417. The van der Waals surface area contributed by atoms with E-state index in [0.717, 1.165) is 6.92 Å². The highest BCUT2D eigenvalue weighted by atomic mass is 19.4. The maximum Gasteiger partial charge on any atom is 0.422 e. The smallest absolute Gasteiger partial charge is 0.422 e. The van der Waals surface area contributed by atoms with E-state index in [1.807, 2.05) is 0 Å². The third-order valence-corrected chi connectivity index (χ3v) is 0.790. The standard InChI is InChI=1S/C6H7F3O3/c1-4(10)2-5(11)12-3-6(7,8)9/h2-3H2,1H3. The summed E-state index contributed by atoms with van der Waals surface area (Å²) >= 11 is 0. The summed E-state index contributed by atoms with van der Waals surface area (Å²) in [6.45, 7) is -0.548. The molecule has 0 rings (SSSR count). The predicted molar refractivity (Wildman–Crippen MR) is 32.3 cm³/mol. The molecule has 0 aromatic heterocycles. The molecule has 0 N–H and O–H groups in total. The van der Waals surface area contributed by atoms with Crippen LogP contribution in [0, 0.1) is 0 Å². The highest BCUT2D eigenvalue weighted by Crippen LogP contribution is 2.14. The first-order chi connectivity index (χ1) is 5.31. The lowest BCUT2D eigenvalue weighted by Gasteiger charge is -2.06. The Bertz CT molecular complexity index is 185. The Labute approximate surface area is 66.5 Å². The van der Waals surface area contributed by atoms with Gasteiger partial charge in [-0.1, -0.05) is 0 Å². The van der Waals surface area contributed by atoms with Crippen molar-refractivity contribution in [3.63, 3.8) is 0 Å². The lowest BCUT2D eigenvalue weighted by Crippen LogP contribution is -2.21. The Morgan fingerprint density at radius 1 is 1.33 bits per heavy atom. The zero-order chi connectivity index (χ0) is 9.78. The second kappa shape index (κ2) is 4.08. The molecule has 0 unspecified atom stereocenters. The number of hydrogen-bond acceptors (Lipinski definition) is 3. The second-order valence-corrected chi connectivity index (χ2v) is 2.15. The average Bonchev–Trinajstić information content (AvgIpc) is 1.80. The molecule has 0 spiro atoms. The van der Waals surface area contributed by atoms with Crippen LogP contribution in [0.15, 0.2) is 0 Å². The third-order valence-electron chi connectivity index (χ3n) is 0.790. The maximum atomic E-state index is 11.4. The van der Waals surface area contributed by atoms with Crippen molar-refractivity contribution in [1.29, 1.82) is 0 Å². The largest absolute Gasteiger partial charge is 0.456 e. The molecule has 0 aliphatic carbocycles. The summed E-state index contributed by atoms with van der Waals surface area (Å²) in [5, 5.41) is 0. The minimum absolute atomic E-state index is 0.526. The fourth-order valence-electron chi connectivity index (χ4n) is 0.417. The number of ketones is 1. The first-order valence-electron chi connectivity index (χ1n) is 3.03. The van der Waals surface area contributed by atoms with E-state index < -0.39 is 31.0 Å². The summed E-state index contributed by atoms with van der Waals surface area (Å²) in [5.74, 6) is -1.68. The van der Waals surface area contributed by atoms with E-state index in [0.29, 0.717) is 0 Å².